The van der Waals surface area contributed by atoms with Crippen LogP contribution in [0, 0.1) is 0 Å². The van der Waals surface area contributed by atoms with Crippen molar-refractivity contribution in [1.82, 2.24) is 24.1 Å². The molecule has 0 aliphatic rings. The molecule has 12 aromatic carbocycles. The molecular weight excluding hydrogens is 851 g/mol. The van der Waals surface area contributed by atoms with Crippen molar-refractivity contribution >= 4 is 97.5 Å². The lowest BCUT2D eigenvalue weighted by atomic mass is 9.96. The van der Waals surface area contributed by atoms with Crippen LogP contribution in [0.5, 0.6) is 0 Å². The molecule has 5 nitrogen and oxygen atoms in total. The highest BCUT2D eigenvalue weighted by Gasteiger charge is 2.21. The molecule has 0 atom stereocenters. The molecule has 70 heavy (non-hydrogen) atoms. The Hall–Kier alpha value is -9.45. The van der Waals surface area contributed by atoms with Crippen LogP contribution in [0.1, 0.15) is 0 Å². The Kier molecular flexibility index (Phi) is 8.29. The molecule has 0 saturated carbocycles. The zero-order chi connectivity index (χ0) is 45.9. The maximum absolute atomic E-state index is 5.34. The molecule has 0 N–H and O–H groups in total. The van der Waals surface area contributed by atoms with E-state index in [0.717, 1.165) is 60.6 Å². The topological polar surface area (TPSA) is 48.5 Å². The maximum Gasteiger partial charge on any atom is 0.164 e. The lowest BCUT2D eigenvalue weighted by molar-refractivity contribution is 1.08. The summed E-state index contributed by atoms with van der Waals surface area (Å²) in [6.45, 7) is 0. The van der Waals surface area contributed by atoms with Gasteiger partial charge in [-0.25, -0.2) is 15.0 Å². The van der Waals surface area contributed by atoms with E-state index in [9.17, 15) is 0 Å². The third kappa shape index (κ3) is 5.82. The van der Waals surface area contributed by atoms with Gasteiger partial charge in [0.05, 0.1) is 22.1 Å². The number of rotatable bonds is 5. The minimum Gasteiger partial charge on any atom is -0.309 e. The molecule has 15 aromatic rings. The fourth-order valence-corrected chi connectivity index (χ4v) is 11.3. The van der Waals surface area contributed by atoms with Gasteiger partial charge in [-0.05, 0) is 103 Å². The summed E-state index contributed by atoms with van der Waals surface area (Å²) >= 11 is 0. The summed E-state index contributed by atoms with van der Waals surface area (Å²) in [6, 6.07) is 85.3. The SMILES string of the molecule is c1ccc(-c2nc(-c3cccc4cc(-n5c6ccc(-n7c8ccccc8c8ccc9ccccc9c87)cc6c6cc7ccccc7cc65)ccc34)nc(-c3cc4ccccc4c4ccccc34)n2)cc1. The molecule has 0 fully saturated rings. The van der Waals surface area contributed by atoms with Crippen LogP contribution in [0.3, 0.4) is 0 Å². The Labute approximate surface area is 401 Å². The Morgan fingerprint density at radius 3 is 1.66 bits per heavy atom. The van der Waals surface area contributed by atoms with Gasteiger partial charge in [0, 0.05) is 55.0 Å². The summed E-state index contributed by atoms with van der Waals surface area (Å²) in [5.41, 5.74) is 9.81. The van der Waals surface area contributed by atoms with E-state index in [1.54, 1.807) is 0 Å². The van der Waals surface area contributed by atoms with Crippen molar-refractivity contribution in [3.63, 3.8) is 0 Å². The monoisotopic (exact) mass is 889 g/mol. The van der Waals surface area contributed by atoms with Crippen molar-refractivity contribution < 1.29 is 0 Å². The number of hydrogen-bond acceptors (Lipinski definition) is 3. The average molecular weight is 890 g/mol. The van der Waals surface area contributed by atoms with Gasteiger partial charge >= 0.3 is 0 Å². The minimum absolute atomic E-state index is 0.633. The first kappa shape index (κ1) is 38.6. The normalized spacial score (nSPS) is 12.0. The third-order valence-electron chi connectivity index (χ3n) is 14.5. The lowest BCUT2D eigenvalue weighted by Gasteiger charge is -2.14. The van der Waals surface area contributed by atoms with E-state index in [2.05, 4.69) is 228 Å². The summed E-state index contributed by atoms with van der Waals surface area (Å²) in [6.07, 6.45) is 0. The van der Waals surface area contributed by atoms with E-state index in [4.69, 9.17) is 15.0 Å². The molecule has 0 bridgehead atoms. The van der Waals surface area contributed by atoms with Gasteiger partial charge in [0.25, 0.3) is 0 Å². The molecule has 0 spiro atoms. The van der Waals surface area contributed by atoms with Crippen molar-refractivity contribution in [3.05, 3.63) is 237 Å². The first-order valence-electron chi connectivity index (χ1n) is 23.8. The van der Waals surface area contributed by atoms with Crippen LogP contribution in [-0.2, 0) is 0 Å². The van der Waals surface area contributed by atoms with Crippen molar-refractivity contribution in [1.29, 1.82) is 0 Å². The highest BCUT2D eigenvalue weighted by atomic mass is 15.0. The first-order chi connectivity index (χ1) is 34.7. The maximum atomic E-state index is 5.34. The molecule has 3 aromatic heterocycles. The van der Waals surface area contributed by atoms with Crippen LogP contribution in [-0.4, -0.2) is 24.1 Å². The number of aromatic nitrogens is 5. The Balaban J connectivity index is 0.936. The predicted molar refractivity (Wildman–Crippen MR) is 292 cm³/mol. The average Bonchev–Trinajstić information content (AvgIpc) is 3.94. The number of fused-ring (bicyclic) bond motifs is 13. The van der Waals surface area contributed by atoms with Gasteiger partial charge in [-0.2, -0.15) is 0 Å². The number of para-hydroxylation sites is 1. The Morgan fingerprint density at radius 1 is 0.243 bits per heavy atom. The highest BCUT2D eigenvalue weighted by Crippen LogP contribution is 2.42. The first-order valence-corrected chi connectivity index (χ1v) is 23.8. The fourth-order valence-electron chi connectivity index (χ4n) is 11.3. The predicted octanol–water partition coefficient (Wildman–Crippen LogP) is 16.8. The van der Waals surface area contributed by atoms with Crippen molar-refractivity contribution in [2.45, 2.75) is 0 Å². The van der Waals surface area contributed by atoms with Gasteiger partial charge in [0.15, 0.2) is 17.5 Å². The van der Waals surface area contributed by atoms with E-state index >= 15 is 0 Å². The van der Waals surface area contributed by atoms with Gasteiger partial charge in [0.2, 0.25) is 0 Å². The van der Waals surface area contributed by atoms with Gasteiger partial charge in [0.1, 0.15) is 0 Å². The van der Waals surface area contributed by atoms with Gasteiger partial charge in [-0.1, -0.05) is 182 Å². The van der Waals surface area contributed by atoms with E-state index < -0.39 is 0 Å². The zero-order valence-electron chi connectivity index (χ0n) is 37.8. The molecule has 15 rings (SSSR count). The van der Waals surface area contributed by atoms with Crippen LogP contribution < -0.4 is 0 Å². The minimum atomic E-state index is 0.633. The van der Waals surface area contributed by atoms with Crippen LogP contribution in [0.2, 0.25) is 0 Å². The number of hydrogen-bond donors (Lipinski definition) is 0. The second-order valence-corrected chi connectivity index (χ2v) is 18.4. The summed E-state index contributed by atoms with van der Waals surface area (Å²) in [5, 5.41) is 16.6. The van der Waals surface area contributed by atoms with E-state index in [1.807, 2.05) is 18.2 Å². The molecule has 0 aliphatic heterocycles. The van der Waals surface area contributed by atoms with Crippen molar-refractivity contribution in [2.75, 3.05) is 0 Å². The molecule has 3 heterocycles. The summed E-state index contributed by atoms with van der Waals surface area (Å²) in [5.74, 6) is 1.91. The van der Waals surface area contributed by atoms with E-state index in [-0.39, 0.29) is 0 Å². The van der Waals surface area contributed by atoms with Crippen LogP contribution >= 0.6 is 0 Å². The van der Waals surface area contributed by atoms with Gasteiger partial charge in [-0.3, -0.25) is 0 Å². The Morgan fingerprint density at radius 2 is 0.814 bits per heavy atom. The molecule has 324 valence electrons. The Bertz CT molecular complexity index is 4660. The molecule has 0 radical (unpaired) electrons. The summed E-state index contributed by atoms with van der Waals surface area (Å²) in [7, 11) is 0. The lowest BCUT2D eigenvalue weighted by Crippen LogP contribution is -2.01. The number of benzene rings is 12. The smallest absolute Gasteiger partial charge is 0.164 e. The summed E-state index contributed by atoms with van der Waals surface area (Å²) in [4.78, 5) is 15.8. The standard InChI is InChI=1S/C65H39N5/c1-2-16-41(17-3-1)63-66-64(68-65(67-63)58-37-45-20-7-8-22-48(45)51-24-10-11-25-52(51)58)55-27-14-21-44-35-46(30-33-49(44)55)69-60-34-31-47(39-57(60)56-36-42-18-4-5-19-43(42)38-61(56)69)70-59-28-13-12-26-53(59)54-32-29-40-15-6-9-23-50(40)62(54)70/h1-39H. The second kappa shape index (κ2) is 15.0. The van der Waals surface area contributed by atoms with Gasteiger partial charge in [-0.15, -0.1) is 0 Å². The zero-order valence-corrected chi connectivity index (χ0v) is 37.8. The molecular formula is C65H39N5. The fraction of sp³-hybridized carbons (Fsp3) is 0. The molecule has 5 heteroatoms. The second-order valence-electron chi connectivity index (χ2n) is 18.4. The highest BCUT2D eigenvalue weighted by molar-refractivity contribution is 6.20. The summed E-state index contributed by atoms with van der Waals surface area (Å²) < 4.78 is 4.90. The van der Waals surface area contributed by atoms with Crippen molar-refractivity contribution in [3.8, 4) is 45.5 Å². The number of nitrogens with zero attached hydrogens (tertiary/aromatic N) is 5. The largest absolute Gasteiger partial charge is 0.309 e. The molecule has 0 amide bonds. The molecule has 0 aliphatic carbocycles. The molecule has 0 unspecified atom stereocenters. The molecule has 0 saturated heterocycles. The van der Waals surface area contributed by atoms with Crippen molar-refractivity contribution in [2.24, 2.45) is 0 Å². The third-order valence-corrected chi connectivity index (χ3v) is 14.5. The van der Waals surface area contributed by atoms with E-state index in [0.29, 0.717) is 17.5 Å². The van der Waals surface area contributed by atoms with Crippen LogP contribution in [0.15, 0.2) is 237 Å². The van der Waals surface area contributed by atoms with E-state index in [1.165, 1.54) is 64.9 Å². The van der Waals surface area contributed by atoms with Crippen LogP contribution in [0.4, 0.5) is 0 Å². The van der Waals surface area contributed by atoms with Gasteiger partial charge < -0.3 is 9.13 Å². The quantitative estimate of drug-likeness (QED) is 0.162. The van der Waals surface area contributed by atoms with Crippen LogP contribution in [0.25, 0.3) is 143 Å².